The third-order valence-corrected chi connectivity index (χ3v) is 4.66. The maximum atomic E-state index is 12.7. The van der Waals surface area contributed by atoms with Gasteiger partial charge in [-0.05, 0) is 49.7 Å². The smallest absolute Gasteiger partial charge is 0.253 e. The molecule has 4 rings (SSSR count). The van der Waals surface area contributed by atoms with Crippen LogP contribution in [0.4, 0.5) is 5.82 Å². The zero-order chi connectivity index (χ0) is 21.8. The van der Waals surface area contributed by atoms with Crippen LogP contribution in [0.5, 0.6) is 5.75 Å². The highest BCUT2D eigenvalue weighted by Gasteiger charge is 2.14. The molecule has 0 aliphatic heterocycles. The van der Waals surface area contributed by atoms with Gasteiger partial charge in [0.15, 0.2) is 0 Å². The van der Waals surface area contributed by atoms with Gasteiger partial charge in [0.05, 0.1) is 24.9 Å². The van der Waals surface area contributed by atoms with Gasteiger partial charge >= 0.3 is 0 Å². The molecule has 0 unspecified atom stereocenters. The quantitative estimate of drug-likeness (QED) is 0.519. The Kier molecular flexibility index (Phi) is 5.70. The highest BCUT2D eigenvalue weighted by Crippen LogP contribution is 2.21. The minimum Gasteiger partial charge on any atom is -0.497 e. The van der Waals surface area contributed by atoms with E-state index in [0.717, 1.165) is 28.3 Å². The molecule has 8 nitrogen and oxygen atoms in total. The number of aryl methyl sites for hydroxylation is 2. The number of benzene rings is 1. The number of anilines is 1. The molecule has 31 heavy (non-hydrogen) atoms. The minimum atomic E-state index is -0.180. The Morgan fingerprint density at radius 1 is 1.10 bits per heavy atom. The number of carbonyl (C=O) groups excluding carboxylic acids is 1. The molecule has 8 heteroatoms. The summed E-state index contributed by atoms with van der Waals surface area (Å²) in [5.41, 5.74) is 4.09. The number of hydrogen-bond donors (Lipinski definition) is 1. The zero-order valence-corrected chi connectivity index (χ0v) is 17.5. The summed E-state index contributed by atoms with van der Waals surface area (Å²) in [5, 5.41) is 7.35. The summed E-state index contributed by atoms with van der Waals surface area (Å²) in [4.78, 5) is 26.0. The average molecular weight is 414 g/mol. The second-order valence-corrected chi connectivity index (χ2v) is 7.09. The van der Waals surface area contributed by atoms with Crippen molar-refractivity contribution in [2.45, 2.75) is 20.3 Å². The maximum absolute atomic E-state index is 12.7. The predicted octanol–water partition coefficient (Wildman–Crippen LogP) is 3.53. The van der Waals surface area contributed by atoms with E-state index in [1.807, 2.05) is 56.3 Å². The van der Waals surface area contributed by atoms with E-state index in [1.165, 1.54) is 0 Å². The Labute approximate surface area is 180 Å². The highest BCUT2D eigenvalue weighted by molar-refractivity contribution is 5.92. The molecule has 0 atom stereocenters. The van der Waals surface area contributed by atoms with E-state index in [0.29, 0.717) is 17.5 Å². The van der Waals surface area contributed by atoms with Crippen molar-refractivity contribution in [1.82, 2.24) is 24.7 Å². The number of methoxy groups -OCH3 is 1. The molecule has 3 aromatic heterocycles. The third kappa shape index (κ3) is 4.75. The Hall–Kier alpha value is -4.07. The summed E-state index contributed by atoms with van der Waals surface area (Å²) in [7, 11) is 1.61. The fourth-order valence-electron chi connectivity index (χ4n) is 3.20. The summed E-state index contributed by atoms with van der Waals surface area (Å²) in [6.07, 6.45) is 3.63. The molecule has 0 bridgehead atoms. The normalized spacial score (nSPS) is 10.7. The third-order valence-electron chi connectivity index (χ3n) is 4.66. The Balaban J connectivity index is 1.64. The van der Waals surface area contributed by atoms with Crippen molar-refractivity contribution < 1.29 is 9.53 Å². The highest BCUT2D eigenvalue weighted by atomic mass is 16.5. The van der Waals surface area contributed by atoms with Crippen LogP contribution in [0.2, 0.25) is 0 Å². The van der Waals surface area contributed by atoms with E-state index in [-0.39, 0.29) is 12.3 Å². The van der Waals surface area contributed by atoms with Crippen LogP contribution in [0.15, 0.2) is 60.9 Å². The van der Waals surface area contributed by atoms with Gasteiger partial charge in [0.25, 0.3) is 5.95 Å². The number of ether oxygens (including phenoxy) is 1. The first-order valence-electron chi connectivity index (χ1n) is 9.78. The van der Waals surface area contributed by atoms with E-state index in [4.69, 9.17) is 4.74 Å². The first kappa shape index (κ1) is 20.2. The molecule has 0 fully saturated rings. The van der Waals surface area contributed by atoms with Crippen LogP contribution in [0.25, 0.3) is 17.2 Å². The van der Waals surface area contributed by atoms with Crippen LogP contribution >= 0.6 is 0 Å². The molecule has 0 radical (unpaired) electrons. The van der Waals surface area contributed by atoms with Crippen LogP contribution in [0.3, 0.4) is 0 Å². The van der Waals surface area contributed by atoms with Crippen molar-refractivity contribution in [1.29, 1.82) is 0 Å². The molecule has 3 heterocycles. The lowest BCUT2D eigenvalue weighted by Gasteiger charge is -2.10. The molecular weight excluding hydrogens is 392 g/mol. The van der Waals surface area contributed by atoms with E-state index in [9.17, 15) is 4.79 Å². The molecule has 0 aliphatic rings. The van der Waals surface area contributed by atoms with E-state index >= 15 is 0 Å². The summed E-state index contributed by atoms with van der Waals surface area (Å²) < 4.78 is 6.82. The molecule has 1 amide bonds. The van der Waals surface area contributed by atoms with Gasteiger partial charge in [-0.15, -0.1) is 0 Å². The summed E-state index contributed by atoms with van der Waals surface area (Å²) in [5.74, 6) is 1.34. The van der Waals surface area contributed by atoms with Gasteiger partial charge in [-0.25, -0.2) is 9.67 Å². The number of rotatable bonds is 6. The fourth-order valence-corrected chi connectivity index (χ4v) is 3.20. The van der Waals surface area contributed by atoms with Gasteiger partial charge in [-0.2, -0.15) is 10.1 Å². The lowest BCUT2D eigenvalue weighted by atomic mass is 10.1. The van der Waals surface area contributed by atoms with Gasteiger partial charge in [0.1, 0.15) is 11.6 Å². The second kappa shape index (κ2) is 8.74. The second-order valence-electron chi connectivity index (χ2n) is 7.09. The number of nitrogens with zero attached hydrogens (tertiary/aromatic N) is 5. The van der Waals surface area contributed by atoms with E-state index in [1.54, 1.807) is 30.3 Å². The monoisotopic (exact) mass is 414 g/mol. The van der Waals surface area contributed by atoms with Crippen LogP contribution < -0.4 is 10.1 Å². The van der Waals surface area contributed by atoms with Crippen molar-refractivity contribution in [2.75, 3.05) is 12.4 Å². The Bertz CT molecular complexity index is 1200. The standard InChI is InChI=1S/C23H22N6O2/c1-15-11-16(2)29(28-15)23-25-20(18-5-4-10-24-14-18)13-21(27-23)26-22(30)12-17-6-8-19(31-3)9-7-17/h4-11,13-14H,12H2,1-3H3,(H,25,26,27,30). The van der Waals surface area contributed by atoms with Gasteiger partial charge in [-0.3, -0.25) is 9.78 Å². The molecule has 0 spiro atoms. The van der Waals surface area contributed by atoms with Crippen LogP contribution in [0, 0.1) is 13.8 Å². The van der Waals surface area contributed by atoms with Gasteiger partial charge in [-0.1, -0.05) is 12.1 Å². The zero-order valence-electron chi connectivity index (χ0n) is 17.5. The number of hydrogen-bond acceptors (Lipinski definition) is 6. The maximum Gasteiger partial charge on any atom is 0.253 e. The fraction of sp³-hybridized carbons (Fsp3) is 0.174. The molecule has 1 N–H and O–H groups in total. The first-order chi connectivity index (χ1) is 15.0. The largest absolute Gasteiger partial charge is 0.497 e. The lowest BCUT2D eigenvalue weighted by Crippen LogP contribution is -2.17. The SMILES string of the molecule is COc1ccc(CC(=O)Nc2cc(-c3cccnc3)nc(-n3nc(C)cc3C)n2)cc1. The van der Waals surface area contributed by atoms with Crippen LogP contribution in [-0.4, -0.2) is 37.7 Å². The van der Waals surface area contributed by atoms with Crippen molar-refractivity contribution in [2.24, 2.45) is 0 Å². The molecule has 4 aromatic rings. The van der Waals surface area contributed by atoms with E-state index < -0.39 is 0 Å². The summed E-state index contributed by atoms with van der Waals surface area (Å²) in [6, 6.07) is 14.8. The molecule has 156 valence electrons. The van der Waals surface area contributed by atoms with Gasteiger partial charge in [0, 0.05) is 29.7 Å². The predicted molar refractivity (Wildman–Crippen MR) is 117 cm³/mol. The van der Waals surface area contributed by atoms with E-state index in [2.05, 4.69) is 25.4 Å². The first-order valence-corrected chi connectivity index (χ1v) is 9.78. The number of pyridine rings is 1. The number of nitrogens with one attached hydrogen (secondary N) is 1. The molecule has 1 aromatic carbocycles. The van der Waals surface area contributed by atoms with Gasteiger partial charge in [0.2, 0.25) is 5.91 Å². The average Bonchev–Trinajstić information content (AvgIpc) is 3.12. The van der Waals surface area contributed by atoms with Crippen molar-refractivity contribution in [3.63, 3.8) is 0 Å². The van der Waals surface area contributed by atoms with Crippen LogP contribution in [-0.2, 0) is 11.2 Å². The van der Waals surface area contributed by atoms with Gasteiger partial charge < -0.3 is 10.1 Å². The van der Waals surface area contributed by atoms with Crippen molar-refractivity contribution in [3.8, 4) is 23.0 Å². The molecular formula is C23H22N6O2. The summed E-state index contributed by atoms with van der Waals surface area (Å²) in [6.45, 7) is 3.84. The van der Waals surface area contributed by atoms with Crippen molar-refractivity contribution >= 4 is 11.7 Å². The molecule has 0 aliphatic carbocycles. The Morgan fingerprint density at radius 3 is 2.55 bits per heavy atom. The molecule has 0 saturated carbocycles. The topological polar surface area (TPSA) is 94.8 Å². The number of carbonyl (C=O) groups is 1. The Morgan fingerprint density at radius 2 is 1.90 bits per heavy atom. The number of aromatic nitrogens is 5. The number of amides is 1. The summed E-state index contributed by atoms with van der Waals surface area (Å²) >= 11 is 0. The molecule has 0 saturated heterocycles. The van der Waals surface area contributed by atoms with Crippen molar-refractivity contribution in [3.05, 3.63) is 77.9 Å². The minimum absolute atomic E-state index is 0.180. The van der Waals surface area contributed by atoms with Crippen LogP contribution in [0.1, 0.15) is 17.0 Å². The lowest BCUT2D eigenvalue weighted by molar-refractivity contribution is -0.115.